The molecule has 1 heteroatoms. The van der Waals surface area contributed by atoms with E-state index < -0.39 is 0 Å². The van der Waals surface area contributed by atoms with E-state index in [0.29, 0.717) is 0 Å². The molecular formula is C22H22S. The number of rotatable bonds is 5. The van der Waals surface area contributed by atoms with Gasteiger partial charge in [0, 0.05) is 9.58 Å². The summed E-state index contributed by atoms with van der Waals surface area (Å²) in [5.41, 5.74) is 4.17. The van der Waals surface area contributed by atoms with Crippen LogP contribution >= 0.6 is 11.3 Å². The van der Waals surface area contributed by atoms with E-state index in [1.54, 1.807) is 5.56 Å². The molecule has 0 amide bonds. The van der Waals surface area contributed by atoms with Crippen molar-refractivity contribution < 1.29 is 0 Å². The third-order valence-electron chi connectivity index (χ3n) is 4.84. The first-order valence-electron chi connectivity index (χ1n) is 8.56. The van der Waals surface area contributed by atoms with Gasteiger partial charge in [0.1, 0.15) is 0 Å². The zero-order valence-corrected chi connectivity index (χ0v) is 14.4. The maximum Gasteiger partial charge on any atom is 0.0352 e. The molecule has 1 heterocycles. The van der Waals surface area contributed by atoms with Crippen molar-refractivity contribution in [3.63, 3.8) is 0 Å². The Morgan fingerprint density at radius 3 is 3.13 bits per heavy atom. The van der Waals surface area contributed by atoms with Crippen LogP contribution in [0.4, 0.5) is 0 Å². The van der Waals surface area contributed by atoms with E-state index in [1.165, 1.54) is 38.9 Å². The summed E-state index contributed by atoms with van der Waals surface area (Å²) in [6.45, 7) is 6.09. The monoisotopic (exact) mass is 318 g/mol. The molecule has 2 aromatic rings. The van der Waals surface area contributed by atoms with Crippen LogP contribution in [0.2, 0.25) is 0 Å². The average Bonchev–Trinajstić information content (AvgIpc) is 3.26. The Hall–Kier alpha value is -1.86. The first-order chi connectivity index (χ1) is 11.3. The highest BCUT2D eigenvalue weighted by atomic mass is 32.1. The number of benzene rings is 1. The normalized spacial score (nSPS) is 22.4. The lowest BCUT2D eigenvalue weighted by Crippen LogP contribution is -1.88. The lowest BCUT2D eigenvalue weighted by Gasteiger charge is -2.06. The minimum absolute atomic E-state index is 0.779. The predicted octanol–water partition coefficient (Wildman–Crippen LogP) is 6.96. The summed E-state index contributed by atoms with van der Waals surface area (Å²) in [6.07, 6.45) is 16.9. The van der Waals surface area contributed by atoms with Crippen LogP contribution in [0, 0.1) is 5.92 Å². The average molecular weight is 318 g/mol. The van der Waals surface area contributed by atoms with Gasteiger partial charge in [-0.25, -0.2) is 0 Å². The van der Waals surface area contributed by atoms with Crippen LogP contribution in [-0.4, -0.2) is 0 Å². The van der Waals surface area contributed by atoms with Crippen LogP contribution in [0.25, 0.3) is 21.7 Å². The summed E-state index contributed by atoms with van der Waals surface area (Å²) < 4.78 is 1.42. The first kappa shape index (κ1) is 14.7. The summed E-state index contributed by atoms with van der Waals surface area (Å²) in [7, 11) is 0. The molecule has 0 saturated heterocycles. The number of allylic oxidation sites excluding steroid dienone is 6. The first-order valence-corrected chi connectivity index (χ1v) is 9.37. The second kappa shape index (κ2) is 5.98. The molecule has 0 nitrogen and oxygen atoms in total. The Morgan fingerprint density at radius 2 is 2.30 bits per heavy atom. The van der Waals surface area contributed by atoms with Crippen molar-refractivity contribution in [3.05, 3.63) is 71.2 Å². The van der Waals surface area contributed by atoms with E-state index in [0.717, 1.165) is 18.3 Å². The molecule has 2 aliphatic carbocycles. The third-order valence-corrected chi connectivity index (χ3v) is 6.00. The van der Waals surface area contributed by atoms with Crippen molar-refractivity contribution in [1.29, 1.82) is 0 Å². The van der Waals surface area contributed by atoms with Crippen molar-refractivity contribution >= 4 is 33.1 Å². The van der Waals surface area contributed by atoms with Crippen molar-refractivity contribution in [2.24, 2.45) is 5.92 Å². The topological polar surface area (TPSA) is 0 Å². The fraction of sp³-hybridized carbons (Fsp3) is 0.273. The molecule has 2 atom stereocenters. The number of thiophene rings is 1. The molecule has 116 valence electrons. The van der Waals surface area contributed by atoms with Gasteiger partial charge in [0.2, 0.25) is 0 Å². The fourth-order valence-electron chi connectivity index (χ4n) is 3.54. The highest BCUT2D eigenvalue weighted by molar-refractivity contribution is 7.20. The summed E-state index contributed by atoms with van der Waals surface area (Å²) in [5, 5.41) is 1.47. The molecule has 23 heavy (non-hydrogen) atoms. The SMILES string of the molecule is C=C/C=C(\C=C/CCC)c1ccc2sc3c(c2c1)C1CC1C=C3. The lowest BCUT2D eigenvalue weighted by molar-refractivity contribution is 0.959. The van der Waals surface area contributed by atoms with Gasteiger partial charge in [-0.1, -0.05) is 56.4 Å². The summed E-state index contributed by atoms with van der Waals surface area (Å²) in [5.74, 6) is 1.58. The number of unbranched alkanes of at least 4 members (excludes halogenated alkanes) is 1. The minimum atomic E-state index is 0.779. The lowest BCUT2D eigenvalue weighted by atomic mass is 9.97. The summed E-state index contributed by atoms with van der Waals surface area (Å²) in [4.78, 5) is 1.48. The van der Waals surface area contributed by atoms with Gasteiger partial charge in [-0.3, -0.25) is 0 Å². The van der Waals surface area contributed by atoms with E-state index in [4.69, 9.17) is 0 Å². The van der Waals surface area contributed by atoms with Crippen LogP contribution < -0.4 is 0 Å². The van der Waals surface area contributed by atoms with Crippen LogP contribution in [-0.2, 0) is 0 Å². The number of hydrogen-bond donors (Lipinski definition) is 0. The number of fused-ring (bicyclic) bond motifs is 5. The second-order valence-electron chi connectivity index (χ2n) is 6.50. The highest BCUT2D eigenvalue weighted by Crippen LogP contribution is 2.56. The highest BCUT2D eigenvalue weighted by Gasteiger charge is 2.41. The van der Waals surface area contributed by atoms with Gasteiger partial charge < -0.3 is 0 Å². The molecule has 0 spiro atoms. The molecule has 0 N–H and O–H groups in total. The van der Waals surface area contributed by atoms with Gasteiger partial charge in [0.25, 0.3) is 0 Å². The van der Waals surface area contributed by atoms with Gasteiger partial charge in [-0.05, 0) is 65.0 Å². The minimum Gasteiger partial charge on any atom is -0.136 e. The molecule has 2 aliphatic rings. The Kier molecular flexibility index (Phi) is 3.82. The fourth-order valence-corrected chi connectivity index (χ4v) is 4.71. The number of hydrogen-bond acceptors (Lipinski definition) is 1. The Morgan fingerprint density at radius 1 is 1.39 bits per heavy atom. The maximum atomic E-state index is 3.88. The van der Waals surface area contributed by atoms with E-state index in [2.05, 4.69) is 62.1 Å². The van der Waals surface area contributed by atoms with E-state index in [-0.39, 0.29) is 0 Å². The Bertz CT molecular complexity index is 844. The van der Waals surface area contributed by atoms with Crippen molar-refractivity contribution in [2.75, 3.05) is 0 Å². The van der Waals surface area contributed by atoms with Crippen LogP contribution in [0.1, 0.15) is 48.1 Å². The summed E-state index contributed by atoms with van der Waals surface area (Å²) >= 11 is 1.94. The van der Waals surface area contributed by atoms with Crippen LogP contribution in [0.3, 0.4) is 0 Å². The van der Waals surface area contributed by atoms with Crippen molar-refractivity contribution in [2.45, 2.75) is 32.1 Å². The van der Waals surface area contributed by atoms with E-state index in [1.807, 2.05) is 17.4 Å². The standard InChI is InChI=1S/C22H22S/c1-3-5-6-8-15(7-4-2)16-9-11-20-19(13-16)22-18-14-17(18)10-12-21(22)23-20/h4,6-13,17-18H,2-3,5,14H2,1H3/b8-6-,15-7+. The quantitative estimate of drug-likeness (QED) is 0.523. The van der Waals surface area contributed by atoms with Gasteiger partial charge in [0.15, 0.2) is 0 Å². The molecule has 1 fully saturated rings. The zero-order chi connectivity index (χ0) is 15.8. The molecule has 1 aromatic carbocycles. The van der Waals surface area contributed by atoms with E-state index >= 15 is 0 Å². The zero-order valence-electron chi connectivity index (χ0n) is 13.6. The predicted molar refractivity (Wildman–Crippen MR) is 104 cm³/mol. The molecule has 0 radical (unpaired) electrons. The summed E-state index contributed by atoms with van der Waals surface area (Å²) in [6, 6.07) is 6.94. The molecule has 2 unspecified atom stereocenters. The maximum absolute atomic E-state index is 3.88. The molecule has 1 aromatic heterocycles. The molecule has 4 rings (SSSR count). The smallest absolute Gasteiger partial charge is 0.0352 e. The van der Waals surface area contributed by atoms with Gasteiger partial charge in [0.05, 0.1) is 0 Å². The van der Waals surface area contributed by atoms with Crippen LogP contribution in [0.5, 0.6) is 0 Å². The third kappa shape index (κ3) is 2.64. The Balaban J connectivity index is 1.79. The largest absolute Gasteiger partial charge is 0.136 e. The Labute approximate surface area is 142 Å². The molecule has 0 aliphatic heterocycles. The van der Waals surface area contributed by atoms with Gasteiger partial charge >= 0.3 is 0 Å². The van der Waals surface area contributed by atoms with E-state index in [9.17, 15) is 0 Å². The molecule has 0 bridgehead atoms. The van der Waals surface area contributed by atoms with Gasteiger partial charge in [-0.2, -0.15) is 0 Å². The van der Waals surface area contributed by atoms with Crippen LogP contribution in [0.15, 0.2) is 55.2 Å². The second-order valence-corrected chi connectivity index (χ2v) is 7.59. The molecule has 1 saturated carbocycles. The van der Waals surface area contributed by atoms with Crippen molar-refractivity contribution in [3.8, 4) is 0 Å². The van der Waals surface area contributed by atoms with Crippen molar-refractivity contribution in [1.82, 2.24) is 0 Å². The molecular weight excluding hydrogens is 296 g/mol. The van der Waals surface area contributed by atoms with Gasteiger partial charge in [-0.15, -0.1) is 11.3 Å².